The molecule has 1 heterocycles. The van der Waals surface area contributed by atoms with Crippen LogP contribution in [0, 0.1) is 10.1 Å². The lowest BCUT2D eigenvalue weighted by molar-refractivity contribution is -0.385. The summed E-state index contributed by atoms with van der Waals surface area (Å²) in [6, 6.07) is 1.44. The van der Waals surface area contributed by atoms with E-state index in [1.54, 1.807) is 7.05 Å². The smallest absolute Gasteiger partial charge is 0.306 e. The number of hydrogen-bond donors (Lipinski definition) is 1. The molecule has 1 aromatic heterocycles. The van der Waals surface area contributed by atoms with Crippen LogP contribution >= 0.6 is 11.6 Å². The zero-order chi connectivity index (χ0) is 10.7. The molecular weight excluding hydrogens is 206 g/mol. The second kappa shape index (κ2) is 4.34. The van der Waals surface area contributed by atoms with Crippen LogP contribution in [0.4, 0.5) is 5.69 Å². The topological polar surface area (TPSA) is 68.1 Å². The average Bonchev–Trinajstić information content (AvgIpc) is 2.17. The van der Waals surface area contributed by atoms with Gasteiger partial charge in [0.15, 0.2) is 0 Å². The standard InChI is InChI=1S/C8H10ClN3O2/c1-5(10-2)6-3-7(12(13)14)8(9)11-4-6/h3-5,10H,1-2H3. The third kappa shape index (κ3) is 2.18. The summed E-state index contributed by atoms with van der Waals surface area (Å²) in [5.74, 6) is 0. The Morgan fingerprint density at radius 1 is 1.71 bits per heavy atom. The second-order valence-corrected chi connectivity index (χ2v) is 3.20. The lowest BCUT2D eigenvalue weighted by atomic mass is 10.1. The van der Waals surface area contributed by atoms with Gasteiger partial charge in [-0.05, 0) is 19.5 Å². The molecule has 5 nitrogen and oxygen atoms in total. The van der Waals surface area contributed by atoms with E-state index < -0.39 is 4.92 Å². The van der Waals surface area contributed by atoms with Gasteiger partial charge in [0.05, 0.1) is 4.92 Å². The molecule has 0 aliphatic rings. The first-order valence-corrected chi connectivity index (χ1v) is 4.41. The summed E-state index contributed by atoms with van der Waals surface area (Å²) >= 11 is 5.57. The molecule has 0 aromatic carbocycles. The van der Waals surface area contributed by atoms with Gasteiger partial charge in [-0.2, -0.15) is 0 Å². The summed E-state index contributed by atoms with van der Waals surface area (Å²) in [5, 5.41) is 13.4. The van der Waals surface area contributed by atoms with Gasteiger partial charge in [0, 0.05) is 18.3 Å². The molecule has 0 saturated carbocycles. The van der Waals surface area contributed by atoms with Crippen LogP contribution < -0.4 is 5.32 Å². The van der Waals surface area contributed by atoms with Crippen LogP contribution in [0.2, 0.25) is 5.15 Å². The van der Waals surface area contributed by atoms with Gasteiger partial charge in [0.1, 0.15) is 0 Å². The Kier molecular flexibility index (Phi) is 3.38. The van der Waals surface area contributed by atoms with Crippen LogP contribution in [0.5, 0.6) is 0 Å². The van der Waals surface area contributed by atoms with Crippen LogP contribution in [-0.4, -0.2) is 17.0 Å². The molecule has 14 heavy (non-hydrogen) atoms. The van der Waals surface area contributed by atoms with Crippen LogP contribution in [0.1, 0.15) is 18.5 Å². The van der Waals surface area contributed by atoms with E-state index in [4.69, 9.17) is 11.6 Å². The van der Waals surface area contributed by atoms with Crippen molar-refractivity contribution in [2.45, 2.75) is 13.0 Å². The molecule has 0 amide bonds. The lowest BCUT2D eigenvalue weighted by Gasteiger charge is -2.09. The quantitative estimate of drug-likeness (QED) is 0.475. The van der Waals surface area contributed by atoms with Gasteiger partial charge >= 0.3 is 5.69 Å². The molecule has 0 saturated heterocycles. The molecule has 1 N–H and O–H groups in total. The molecule has 76 valence electrons. The highest BCUT2D eigenvalue weighted by Crippen LogP contribution is 2.24. The predicted octanol–water partition coefficient (Wildman–Crippen LogP) is 1.92. The Bertz CT molecular complexity index is 356. The van der Waals surface area contributed by atoms with Gasteiger partial charge in [-0.1, -0.05) is 11.6 Å². The van der Waals surface area contributed by atoms with E-state index in [-0.39, 0.29) is 16.9 Å². The minimum absolute atomic E-state index is 0.0125. The average molecular weight is 216 g/mol. The van der Waals surface area contributed by atoms with E-state index in [2.05, 4.69) is 10.3 Å². The van der Waals surface area contributed by atoms with E-state index >= 15 is 0 Å². The molecule has 0 spiro atoms. The zero-order valence-electron chi connectivity index (χ0n) is 7.82. The van der Waals surface area contributed by atoms with Crippen molar-refractivity contribution >= 4 is 17.3 Å². The number of pyridine rings is 1. The van der Waals surface area contributed by atoms with Crippen molar-refractivity contribution in [3.63, 3.8) is 0 Å². The number of hydrogen-bond acceptors (Lipinski definition) is 4. The van der Waals surface area contributed by atoms with Crippen molar-refractivity contribution in [2.75, 3.05) is 7.05 Å². The van der Waals surface area contributed by atoms with E-state index in [1.807, 2.05) is 6.92 Å². The summed E-state index contributed by atoms with van der Waals surface area (Å²) in [7, 11) is 1.77. The normalized spacial score (nSPS) is 12.5. The highest BCUT2D eigenvalue weighted by atomic mass is 35.5. The summed E-state index contributed by atoms with van der Waals surface area (Å²) in [6.07, 6.45) is 1.52. The molecule has 0 radical (unpaired) electrons. The molecular formula is C8H10ClN3O2. The number of nitro groups is 1. The maximum absolute atomic E-state index is 10.5. The highest BCUT2D eigenvalue weighted by molar-refractivity contribution is 6.31. The third-order valence-electron chi connectivity index (χ3n) is 1.97. The Hall–Kier alpha value is -1.20. The highest BCUT2D eigenvalue weighted by Gasteiger charge is 2.16. The van der Waals surface area contributed by atoms with Gasteiger partial charge < -0.3 is 5.32 Å². The van der Waals surface area contributed by atoms with Gasteiger partial charge in [-0.3, -0.25) is 10.1 Å². The van der Waals surface area contributed by atoms with E-state index in [1.165, 1.54) is 12.3 Å². The van der Waals surface area contributed by atoms with Crippen LogP contribution in [0.15, 0.2) is 12.3 Å². The second-order valence-electron chi connectivity index (χ2n) is 2.85. The van der Waals surface area contributed by atoms with Crippen LogP contribution in [0.3, 0.4) is 0 Å². The first kappa shape index (κ1) is 10.9. The maximum atomic E-state index is 10.5. The minimum Gasteiger partial charge on any atom is -0.313 e. The summed E-state index contributed by atoms with van der Waals surface area (Å²) in [6.45, 7) is 1.88. The minimum atomic E-state index is -0.540. The fourth-order valence-electron chi connectivity index (χ4n) is 0.984. The molecule has 0 aliphatic carbocycles. The molecule has 1 atom stereocenters. The number of nitrogens with zero attached hydrogens (tertiary/aromatic N) is 2. The molecule has 1 aromatic rings. The van der Waals surface area contributed by atoms with Crippen molar-refractivity contribution < 1.29 is 4.92 Å². The first-order valence-electron chi connectivity index (χ1n) is 4.03. The first-order chi connectivity index (χ1) is 6.56. The molecule has 0 aliphatic heterocycles. The largest absolute Gasteiger partial charge is 0.313 e. The molecule has 6 heteroatoms. The van der Waals surface area contributed by atoms with Gasteiger partial charge in [-0.15, -0.1) is 0 Å². The van der Waals surface area contributed by atoms with Crippen molar-refractivity contribution in [1.29, 1.82) is 0 Å². The predicted molar refractivity (Wildman–Crippen MR) is 53.4 cm³/mol. The SMILES string of the molecule is CNC(C)c1cnc(Cl)c([N+](=O)[O-])c1. The summed E-state index contributed by atoms with van der Waals surface area (Å²) in [4.78, 5) is 13.8. The van der Waals surface area contributed by atoms with E-state index in [0.717, 1.165) is 5.56 Å². The van der Waals surface area contributed by atoms with Crippen LogP contribution in [-0.2, 0) is 0 Å². The Balaban J connectivity index is 3.12. The number of aromatic nitrogens is 1. The zero-order valence-corrected chi connectivity index (χ0v) is 8.58. The van der Waals surface area contributed by atoms with Crippen molar-refractivity contribution in [1.82, 2.24) is 10.3 Å². The molecule has 1 rings (SSSR count). The fourth-order valence-corrected chi connectivity index (χ4v) is 1.16. The molecule has 1 unspecified atom stereocenters. The van der Waals surface area contributed by atoms with Gasteiger partial charge in [0.2, 0.25) is 5.15 Å². The van der Waals surface area contributed by atoms with Crippen molar-refractivity contribution in [2.24, 2.45) is 0 Å². The van der Waals surface area contributed by atoms with Gasteiger partial charge in [-0.25, -0.2) is 4.98 Å². The third-order valence-corrected chi connectivity index (χ3v) is 2.26. The maximum Gasteiger partial charge on any atom is 0.306 e. The number of nitrogens with one attached hydrogen (secondary N) is 1. The fraction of sp³-hybridized carbons (Fsp3) is 0.375. The Labute approximate surface area is 86.3 Å². The monoisotopic (exact) mass is 215 g/mol. The molecule has 0 fully saturated rings. The number of rotatable bonds is 3. The Morgan fingerprint density at radius 2 is 2.36 bits per heavy atom. The summed E-state index contributed by atoms with van der Waals surface area (Å²) < 4.78 is 0. The van der Waals surface area contributed by atoms with E-state index in [0.29, 0.717) is 0 Å². The van der Waals surface area contributed by atoms with Crippen molar-refractivity contribution in [3.8, 4) is 0 Å². The van der Waals surface area contributed by atoms with Crippen molar-refractivity contribution in [3.05, 3.63) is 33.1 Å². The van der Waals surface area contributed by atoms with E-state index in [9.17, 15) is 10.1 Å². The lowest BCUT2D eigenvalue weighted by Crippen LogP contribution is -2.12. The Morgan fingerprint density at radius 3 is 2.86 bits per heavy atom. The molecule has 0 bridgehead atoms. The van der Waals surface area contributed by atoms with Gasteiger partial charge in [0.25, 0.3) is 0 Å². The van der Waals surface area contributed by atoms with Crippen LogP contribution in [0.25, 0.3) is 0 Å². The number of halogens is 1. The summed E-state index contributed by atoms with van der Waals surface area (Å²) in [5.41, 5.74) is 0.579.